The summed E-state index contributed by atoms with van der Waals surface area (Å²) in [6, 6.07) is 10.8. The van der Waals surface area contributed by atoms with E-state index < -0.39 is 5.82 Å². The minimum atomic E-state index is -0.392. The molecule has 1 atom stereocenters. The lowest BCUT2D eigenvalue weighted by Crippen LogP contribution is -2.39. The van der Waals surface area contributed by atoms with Gasteiger partial charge in [0.1, 0.15) is 24.0 Å². The number of nitrogens with zero attached hydrogens (tertiary/aromatic N) is 5. The maximum atomic E-state index is 15.3. The first-order valence-corrected chi connectivity index (χ1v) is 11.4. The van der Waals surface area contributed by atoms with Gasteiger partial charge in [-0.05, 0) is 48.9 Å². The smallest absolute Gasteiger partial charge is 0.156 e. The molecule has 1 N–H and O–H groups in total. The zero-order chi connectivity index (χ0) is 23.9. The molecule has 1 saturated heterocycles. The number of halogens is 1. The van der Waals surface area contributed by atoms with Crippen molar-refractivity contribution in [3.63, 3.8) is 0 Å². The van der Waals surface area contributed by atoms with Crippen molar-refractivity contribution >= 4 is 33.3 Å². The first kappa shape index (κ1) is 21.4. The Labute approximate surface area is 200 Å². The van der Waals surface area contributed by atoms with Crippen LogP contribution in [0.25, 0.3) is 32.9 Å². The highest BCUT2D eigenvalue weighted by Gasteiger charge is 2.28. The fourth-order valence-corrected chi connectivity index (χ4v) is 4.24. The summed E-state index contributed by atoms with van der Waals surface area (Å²) in [7, 11) is 1.87. The predicted octanol–water partition coefficient (Wildman–Crippen LogP) is 4.87. The molecule has 1 fully saturated rings. The third-order valence-corrected chi connectivity index (χ3v) is 6.35. The van der Waals surface area contributed by atoms with Crippen molar-refractivity contribution < 1.29 is 13.9 Å². The molecule has 6 rings (SSSR count). The number of pyridine rings is 1. The first-order chi connectivity index (χ1) is 17.1. The monoisotopic (exact) mass is 470 g/mol. The number of ether oxygens (including phenoxy) is 2. The number of nitrogens with one attached hydrogen (secondary N) is 1. The van der Waals surface area contributed by atoms with Gasteiger partial charge in [0.25, 0.3) is 0 Å². The summed E-state index contributed by atoms with van der Waals surface area (Å²) < 4.78 is 28.9. The number of aromatic nitrogens is 5. The zero-order valence-corrected chi connectivity index (χ0v) is 19.3. The largest absolute Gasteiger partial charge is 0.489 e. The molecule has 0 saturated carbocycles. The number of aryl methyl sites for hydroxylation is 1. The lowest BCUT2D eigenvalue weighted by molar-refractivity contribution is -0.0773. The fourth-order valence-electron chi connectivity index (χ4n) is 4.24. The topological polar surface area (TPSA) is 87.0 Å². The molecule has 0 aliphatic carbocycles. The van der Waals surface area contributed by atoms with Gasteiger partial charge in [-0.2, -0.15) is 5.10 Å². The summed E-state index contributed by atoms with van der Waals surface area (Å²) in [6.45, 7) is 3.36. The highest BCUT2D eigenvalue weighted by molar-refractivity contribution is 5.99. The first-order valence-electron chi connectivity index (χ1n) is 11.4. The molecule has 9 heteroatoms. The molecule has 4 heterocycles. The predicted molar refractivity (Wildman–Crippen MR) is 131 cm³/mol. The molecule has 0 unspecified atom stereocenters. The molecule has 35 heavy (non-hydrogen) atoms. The van der Waals surface area contributed by atoms with Crippen LogP contribution < -0.4 is 10.1 Å². The van der Waals surface area contributed by atoms with Crippen LogP contribution >= 0.6 is 0 Å². The number of hydrogen-bond acceptors (Lipinski definition) is 7. The number of fused-ring (bicyclic) bond motifs is 2. The maximum Gasteiger partial charge on any atom is 0.156 e. The summed E-state index contributed by atoms with van der Waals surface area (Å²) in [5.74, 6) is 0.990. The highest BCUT2D eigenvalue weighted by Crippen LogP contribution is 2.38. The summed E-state index contributed by atoms with van der Waals surface area (Å²) in [6.07, 6.45) is 6.77. The van der Waals surface area contributed by atoms with Crippen molar-refractivity contribution in [3.8, 4) is 16.9 Å². The van der Waals surface area contributed by atoms with E-state index in [1.807, 2.05) is 32.3 Å². The maximum absolute atomic E-state index is 15.3. The van der Waals surface area contributed by atoms with Crippen LogP contribution in [0.5, 0.6) is 5.75 Å². The molecule has 0 bridgehead atoms. The third kappa shape index (κ3) is 3.93. The molecule has 0 spiro atoms. The molecule has 176 valence electrons. The Morgan fingerprint density at radius 2 is 2.00 bits per heavy atom. The standard InChI is InChI=1S/C26H23FN6O2/c1-15(18-12-34-13-18)35-23-9-16(17-10-31-33(2)11-17)8-22-24(23)26(30-14-29-22)32-21-6-5-20-19(25(21)27)4-3-7-28-20/h3-11,14-15,18H,12-13H2,1-2H3,(H,29,30,32)/t15-/m0/s1. The summed E-state index contributed by atoms with van der Waals surface area (Å²) >= 11 is 0. The fraction of sp³-hybridized carbons (Fsp3) is 0.231. The van der Waals surface area contributed by atoms with E-state index in [0.717, 1.165) is 11.1 Å². The van der Waals surface area contributed by atoms with Gasteiger partial charge in [0.05, 0.1) is 41.5 Å². The van der Waals surface area contributed by atoms with Crippen LogP contribution in [0.1, 0.15) is 6.92 Å². The minimum Gasteiger partial charge on any atom is -0.489 e. The van der Waals surface area contributed by atoms with Crippen LogP contribution in [0.15, 0.2) is 61.3 Å². The van der Waals surface area contributed by atoms with Crippen LogP contribution in [-0.4, -0.2) is 44.1 Å². The van der Waals surface area contributed by atoms with Crippen LogP contribution in [0.3, 0.4) is 0 Å². The molecule has 1 aliphatic rings. The average molecular weight is 471 g/mol. The Bertz CT molecular complexity index is 1550. The molecular weight excluding hydrogens is 447 g/mol. The van der Waals surface area contributed by atoms with Gasteiger partial charge in [0.2, 0.25) is 0 Å². The van der Waals surface area contributed by atoms with E-state index in [0.29, 0.717) is 58.2 Å². The number of rotatable bonds is 6. The van der Waals surface area contributed by atoms with Gasteiger partial charge in [-0.1, -0.05) is 0 Å². The summed E-state index contributed by atoms with van der Waals surface area (Å²) in [5.41, 5.74) is 3.43. The molecule has 0 radical (unpaired) electrons. The number of hydrogen-bond donors (Lipinski definition) is 1. The Morgan fingerprint density at radius 1 is 1.11 bits per heavy atom. The van der Waals surface area contributed by atoms with Crippen molar-refractivity contribution in [3.05, 3.63) is 67.1 Å². The van der Waals surface area contributed by atoms with E-state index in [-0.39, 0.29) is 6.10 Å². The van der Waals surface area contributed by atoms with Gasteiger partial charge in [-0.15, -0.1) is 0 Å². The third-order valence-electron chi connectivity index (χ3n) is 6.35. The van der Waals surface area contributed by atoms with Gasteiger partial charge in [-0.25, -0.2) is 14.4 Å². The van der Waals surface area contributed by atoms with Crippen molar-refractivity contribution in [2.45, 2.75) is 13.0 Å². The van der Waals surface area contributed by atoms with E-state index >= 15 is 4.39 Å². The Balaban J connectivity index is 1.47. The van der Waals surface area contributed by atoms with Crippen molar-refractivity contribution in [2.24, 2.45) is 13.0 Å². The van der Waals surface area contributed by atoms with Crippen molar-refractivity contribution in [1.82, 2.24) is 24.7 Å². The Kier molecular flexibility index (Phi) is 5.26. The summed E-state index contributed by atoms with van der Waals surface area (Å²) in [5, 5.41) is 8.57. The Hall–Kier alpha value is -4.11. The van der Waals surface area contributed by atoms with E-state index in [4.69, 9.17) is 9.47 Å². The van der Waals surface area contributed by atoms with Crippen molar-refractivity contribution in [1.29, 1.82) is 0 Å². The molecule has 3 aromatic heterocycles. The number of anilines is 2. The second-order valence-electron chi connectivity index (χ2n) is 8.74. The average Bonchev–Trinajstić information content (AvgIpc) is 3.26. The van der Waals surface area contributed by atoms with Gasteiger partial charge < -0.3 is 14.8 Å². The van der Waals surface area contributed by atoms with Gasteiger partial charge >= 0.3 is 0 Å². The van der Waals surface area contributed by atoms with Gasteiger partial charge in [-0.3, -0.25) is 9.67 Å². The highest BCUT2D eigenvalue weighted by atomic mass is 19.1. The molecular formula is C26H23FN6O2. The van der Waals surface area contributed by atoms with E-state index in [9.17, 15) is 0 Å². The molecule has 2 aromatic carbocycles. The Morgan fingerprint density at radius 3 is 2.77 bits per heavy atom. The van der Waals surface area contributed by atoms with Crippen LogP contribution in [0.4, 0.5) is 15.9 Å². The molecule has 5 aromatic rings. The molecule has 8 nitrogen and oxygen atoms in total. The van der Waals surface area contributed by atoms with Crippen molar-refractivity contribution in [2.75, 3.05) is 18.5 Å². The minimum absolute atomic E-state index is 0.0763. The van der Waals surface area contributed by atoms with Crippen LogP contribution in [-0.2, 0) is 11.8 Å². The van der Waals surface area contributed by atoms with Gasteiger partial charge in [0, 0.05) is 36.3 Å². The molecule has 0 amide bonds. The summed E-state index contributed by atoms with van der Waals surface area (Å²) in [4.78, 5) is 13.2. The zero-order valence-electron chi connectivity index (χ0n) is 19.3. The quantitative estimate of drug-likeness (QED) is 0.379. The van der Waals surface area contributed by atoms with E-state index in [1.54, 1.807) is 41.3 Å². The lowest BCUT2D eigenvalue weighted by atomic mass is 10.0. The normalized spacial score (nSPS) is 14.7. The van der Waals surface area contributed by atoms with Gasteiger partial charge in [0.15, 0.2) is 5.82 Å². The van der Waals surface area contributed by atoms with Crippen LogP contribution in [0.2, 0.25) is 0 Å². The second kappa shape index (κ2) is 8.59. The number of benzene rings is 2. The van der Waals surface area contributed by atoms with E-state index in [2.05, 4.69) is 25.4 Å². The lowest BCUT2D eigenvalue weighted by Gasteiger charge is -2.32. The SMILES string of the molecule is C[C@H](Oc1cc(-c2cnn(C)c2)cc2ncnc(Nc3ccc4ncccc4c3F)c12)C1COC1. The van der Waals surface area contributed by atoms with E-state index in [1.165, 1.54) is 6.33 Å². The molecule has 1 aliphatic heterocycles. The van der Waals surface area contributed by atoms with Crippen LogP contribution in [0, 0.1) is 11.7 Å². The second-order valence-corrected chi connectivity index (χ2v) is 8.74.